The predicted octanol–water partition coefficient (Wildman–Crippen LogP) is 1.61. The first kappa shape index (κ1) is 7.53. The van der Waals surface area contributed by atoms with Gasteiger partial charge in [-0.05, 0) is 19.3 Å². The van der Waals surface area contributed by atoms with Crippen molar-refractivity contribution >= 4 is 22.9 Å². The summed E-state index contributed by atoms with van der Waals surface area (Å²) in [6.07, 6.45) is 3.01. The molecule has 1 aromatic rings. The van der Waals surface area contributed by atoms with E-state index < -0.39 is 0 Å². The van der Waals surface area contributed by atoms with E-state index in [0.29, 0.717) is 10.5 Å². The fraction of sp³-hybridized carbons (Fsp3) is 0.571. The fourth-order valence-corrected chi connectivity index (χ4v) is 2.67. The van der Waals surface area contributed by atoms with Gasteiger partial charge in [0.2, 0.25) is 0 Å². The van der Waals surface area contributed by atoms with Crippen LogP contribution in [-0.2, 0) is 12.8 Å². The first-order valence-corrected chi connectivity index (χ1v) is 4.85. The normalized spacial score (nSPS) is 23.3. The predicted molar refractivity (Wildman–Crippen MR) is 47.1 cm³/mol. The highest BCUT2D eigenvalue weighted by Crippen LogP contribution is 2.28. The third-order valence-corrected chi connectivity index (χ3v) is 3.18. The van der Waals surface area contributed by atoms with E-state index in [1.54, 1.807) is 11.3 Å². The highest BCUT2D eigenvalue weighted by molar-refractivity contribution is 7.15. The minimum atomic E-state index is 0.319. The average Bonchev–Trinajstić information content (AvgIpc) is 2.27. The maximum absolute atomic E-state index is 5.79. The number of hydrogen-bond acceptors (Lipinski definition) is 3. The van der Waals surface area contributed by atoms with Crippen LogP contribution in [0, 0.1) is 0 Å². The molecule has 1 aliphatic rings. The van der Waals surface area contributed by atoms with Crippen LogP contribution in [0.4, 0.5) is 0 Å². The van der Waals surface area contributed by atoms with Crippen LogP contribution in [0.2, 0.25) is 4.47 Å². The molecule has 2 N–H and O–H groups in total. The molecule has 0 bridgehead atoms. The van der Waals surface area contributed by atoms with Crippen LogP contribution in [0.25, 0.3) is 0 Å². The van der Waals surface area contributed by atoms with Gasteiger partial charge in [-0.2, -0.15) is 0 Å². The number of fused-ring (bicyclic) bond motifs is 1. The Bertz CT molecular complexity index is 271. The van der Waals surface area contributed by atoms with Gasteiger partial charge in [-0.25, -0.2) is 4.98 Å². The number of aryl methyl sites for hydroxylation is 1. The second-order valence-corrected chi connectivity index (χ2v) is 4.51. The molecule has 1 atom stereocenters. The van der Waals surface area contributed by atoms with Gasteiger partial charge in [-0.15, -0.1) is 11.3 Å². The van der Waals surface area contributed by atoms with Crippen LogP contribution in [0.5, 0.6) is 0 Å². The molecule has 0 radical (unpaired) electrons. The summed E-state index contributed by atoms with van der Waals surface area (Å²) in [5.74, 6) is 0. The van der Waals surface area contributed by atoms with Crippen LogP contribution >= 0.6 is 22.9 Å². The first-order valence-electron chi connectivity index (χ1n) is 3.65. The Hall–Kier alpha value is -0.120. The van der Waals surface area contributed by atoms with Crippen molar-refractivity contribution < 1.29 is 0 Å². The van der Waals surface area contributed by atoms with Gasteiger partial charge in [0, 0.05) is 10.9 Å². The molecule has 1 aliphatic carbocycles. The van der Waals surface area contributed by atoms with E-state index in [-0.39, 0.29) is 0 Å². The van der Waals surface area contributed by atoms with Crippen molar-refractivity contribution in [1.82, 2.24) is 4.98 Å². The zero-order valence-corrected chi connectivity index (χ0v) is 7.58. The number of nitrogens with two attached hydrogens (primary N) is 1. The summed E-state index contributed by atoms with van der Waals surface area (Å²) in [7, 11) is 0. The Morgan fingerprint density at radius 1 is 1.64 bits per heavy atom. The third kappa shape index (κ3) is 1.41. The van der Waals surface area contributed by atoms with Gasteiger partial charge in [0.25, 0.3) is 0 Å². The number of hydrogen-bond donors (Lipinski definition) is 1. The van der Waals surface area contributed by atoms with E-state index in [2.05, 4.69) is 4.98 Å². The quantitative estimate of drug-likeness (QED) is 0.672. The number of thiazole rings is 1. The van der Waals surface area contributed by atoms with Gasteiger partial charge in [0.1, 0.15) is 0 Å². The molecule has 60 valence electrons. The van der Waals surface area contributed by atoms with Crippen molar-refractivity contribution in [3.8, 4) is 0 Å². The maximum Gasteiger partial charge on any atom is 0.184 e. The van der Waals surface area contributed by atoms with Crippen LogP contribution in [0.3, 0.4) is 0 Å². The molecule has 2 nitrogen and oxygen atoms in total. The van der Waals surface area contributed by atoms with Gasteiger partial charge < -0.3 is 5.73 Å². The Morgan fingerprint density at radius 2 is 2.45 bits per heavy atom. The molecular weight excluding hydrogens is 180 g/mol. The average molecular weight is 189 g/mol. The fourth-order valence-electron chi connectivity index (χ4n) is 1.37. The number of nitrogens with zero attached hydrogens (tertiary/aromatic N) is 1. The minimum Gasteiger partial charge on any atom is -0.327 e. The molecular formula is C7H9ClN2S. The summed E-state index contributed by atoms with van der Waals surface area (Å²) in [4.78, 5) is 5.50. The highest BCUT2D eigenvalue weighted by Gasteiger charge is 2.18. The highest BCUT2D eigenvalue weighted by atomic mass is 35.5. The smallest absolute Gasteiger partial charge is 0.184 e. The van der Waals surface area contributed by atoms with Crippen LogP contribution in [0.15, 0.2) is 0 Å². The summed E-state index contributed by atoms with van der Waals surface area (Å²) in [6.45, 7) is 0. The Kier molecular flexibility index (Phi) is 1.87. The molecule has 0 aromatic carbocycles. The molecule has 0 fully saturated rings. The summed E-state index contributed by atoms with van der Waals surface area (Å²) in [6, 6.07) is 0.319. The summed E-state index contributed by atoms with van der Waals surface area (Å²) >= 11 is 7.33. The van der Waals surface area contributed by atoms with Crippen molar-refractivity contribution in [2.24, 2.45) is 5.73 Å². The van der Waals surface area contributed by atoms with Crippen molar-refractivity contribution in [3.63, 3.8) is 0 Å². The standard InChI is InChI=1S/C7H9ClN2S/c8-7-10-5-2-1-4(9)3-6(5)11-7/h4H,1-3,9H2. The molecule has 1 heterocycles. The monoisotopic (exact) mass is 188 g/mol. The molecule has 0 spiro atoms. The van der Waals surface area contributed by atoms with E-state index in [4.69, 9.17) is 17.3 Å². The van der Waals surface area contributed by atoms with Crippen LogP contribution in [0.1, 0.15) is 17.0 Å². The van der Waals surface area contributed by atoms with Gasteiger partial charge >= 0.3 is 0 Å². The Morgan fingerprint density at radius 3 is 3.27 bits per heavy atom. The summed E-state index contributed by atoms with van der Waals surface area (Å²) < 4.78 is 0.657. The molecule has 0 amide bonds. The minimum absolute atomic E-state index is 0.319. The number of rotatable bonds is 0. The maximum atomic E-state index is 5.79. The van der Waals surface area contributed by atoms with Crippen molar-refractivity contribution in [1.29, 1.82) is 0 Å². The van der Waals surface area contributed by atoms with Crippen LogP contribution < -0.4 is 5.73 Å². The van der Waals surface area contributed by atoms with E-state index in [1.165, 1.54) is 10.6 Å². The molecule has 2 rings (SSSR count). The molecule has 1 unspecified atom stereocenters. The van der Waals surface area contributed by atoms with Crippen molar-refractivity contribution in [2.75, 3.05) is 0 Å². The topological polar surface area (TPSA) is 38.9 Å². The van der Waals surface area contributed by atoms with Crippen molar-refractivity contribution in [3.05, 3.63) is 15.0 Å². The molecule has 1 aromatic heterocycles. The molecule has 0 saturated heterocycles. The Balaban J connectivity index is 2.34. The lowest BCUT2D eigenvalue weighted by atomic mass is 9.99. The zero-order valence-electron chi connectivity index (χ0n) is 6.01. The lowest BCUT2D eigenvalue weighted by Gasteiger charge is -2.15. The third-order valence-electron chi connectivity index (χ3n) is 1.95. The lowest BCUT2D eigenvalue weighted by Crippen LogP contribution is -2.26. The molecule has 4 heteroatoms. The van der Waals surface area contributed by atoms with E-state index >= 15 is 0 Å². The van der Waals surface area contributed by atoms with Crippen molar-refractivity contribution in [2.45, 2.75) is 25.3 Å². The summed E-state index contributed by atoms with van der Waals surface area (Å²) in [5, 5.41) is 0. The van der Waals surface area contributed by atoms with Gasteiger partial charge in [-0.1, -0.05) is 11.6 Å². The van der Waals surface area contributed by atoms with Gasteiger partial charge in [-0.3, -0.25) is 0 Å². The molecule has 0 saturated carbocycles. The first-order chi connectivity index (χ1) is 5.25. The second-order valence-electron chi connectivity index (χ2n) is 2.84. The number of aromatic nitrogens is 1. The van der Waals surface area contributed by atoms with Crippen LogP contribution in [-0.4, -0.2) is 11.0 Å². The SMILES string of the molecule is NC1CCc2nc(Cl)sc2C1. The largest absolute Gasteiger partial charge is 0.327 e. The summed E-state index contributed by atoms with van der Waals surface area (Å²) in [5.41, 5.74) is 6.96. The number of halogens is 1. The van der Waals surface area contributed by atoms with E-state index in [9.17, 15) is 0 Å². The lowest BCUT2D eigenvalue weighted by molar-refractivity contribution is 0.576. The van der Waals surface area contributed by atoms with E-state index in [1.807, 2.05) is 0 Å². The van der Waals surface area contributed by atoms with E-state index in [0.717, 1.165) is 19.3 Å². The van der Waals surface area contributed by atoms with Gasteiger partial charge in [0.05, 0.1) is 5.69 Å². The molecule has 0 aliphatic heterocycles. The van der Waals surface area contributed by atoms with Gasteiger partial charge in [0.15, 0.2) is 4.47 Å². The Labute approximate surface area is 74.4 Å². The molecule has 11 heavy (non-hydrogen) atoms. The zero-order chi connectivity index (χ0) is 7.84. The second kappa shape index (κ2) is 2.73.